The molecule has 0 aliphatic heterocycles. The Hall–Kier alpha value is -6.56. The lowest BCUT2D eigenvalue weighted by Crippen LogP contribution is -2.00. The number of thiophene rings is 1. The fourth-order valence-electron chi connectivity index (χ4n) is 7.03. The van der Waals surface area contributed by atoms with E-state index in [0.717, 1.165) is 44.6 Å². The predicted molar refractivity (Wildman–Crippen MR) is 213 cm³/mol. The van der Waals surface area contributed by atoms with Crippen molar-refractivity contribution < 1.29 is 0 Å². The zero-order chi connectivity index (χ0) is 33.7. The molecule has 0 aliphatic carbocycles. The molecule has 0 saturated heterocycles. The van der Waals surface area contributed by atoms with Gasteiger partial charge in [-0.2, -0.15) is 0 Å². The number of hydrogen-bond acceptors (Lipinski definition) is 5. The molecule has 0 unspecified atom stereocenters. The van der Waals surface area contributed by atoms with Crippen molar-refractivity contribution in [3.8, 4) is 56.5 Å². The van der Waals surface area contributed by atoms with E-state index in [1.54, 1.807) is 0 Å². The first-order chi connectivity index (χ1) is 25.3. The minimum absolute atomic E-state index is 0.641. The fraction of sp³-hybridized carbons (Fsp3) is 0. The van der Waals surface area contributed by atoms with Crippen molar-refractivity contribution in [2.75, 3.05) is 0 Å². The molecule has 0 aliphatic rings. The van der Waals surface area contributed by atoms with Gasteiger partial charge in [0, 0.05) is 47.8 Å². The molecule has 5 heteroatoms. The van der Waals surface area contributed by atoms with Crippen molar-refractivity contribution in [2.45, 2.75) is 0 Å². The van der Waals surface area contributed by atoms with E-state index in [2.05, 4.69) is 109 Å². The Morgan fingerprint density at radius 1 is 0.353 bits per heavy atom. The first kappa shape index (κ1) is 29.4. The van der Waals surface area contributed by atoms with Crippen LogP contribution in [0, 0.1) is 0 Å². The summed E-state index contributed by atoms with van der Waals surface area (Å²) in [5, 5.41) is 6.15. The molecule has 0 N–H and O–H groups in total. The molecule has 4 nitrogen and oxygen atoms in total. The highest BCUT2D eigenvalue weighted by molar-refractivity contribution is 7.27. The number of rotatable bonds is 5. The third-order valence-electron chi connectivity index (χ3n) is 9.51. The number of nitrogens with zero attached hydrogens (tertiary/aromatic N) is 4. The number of fused-ring (bicyclic) bond motifs is 7. The summed E-state index contributed by atoms with van der Waals surface area (Å²) in [6.45, 7) is 0. The van der Waals surface area contributed by atoms with E-state index in [1.807, 2.05) is 72.0 Å². The van der Waals surface area contributed by atoms with Crippen molar-refractivity contribution in [1.29, 1.82) is 0 Å². The van der Waals surface area contributed by atoms with E-state index in [1.165, 1.54) is 36.3 Å². The number of pyridine rings is 1. The van der Waals surface area contributed by atoms with E-state index < -0.39 is 0 Å². The van der Waals surface area contributed by atoms with Crippen molar-refractivity contribution in [3.05, 3.63) is 170 Å². The molecule has 10 rings (SSSR count). The quantitative estimate of drug-likeness (QED) is 0.171. The molecule has 0 spiro atoms. The minimum atomic E-state index is 0.641. The van der Waals surface area contributed by atoms with Gasteiger partial charge < -0.3 is 0 Å². The third-order valence-corrected chi connectivity index (χ3v) is 10.7. The highest BCUT2D eigenvalue weighted by atomic mass is 32.1. The first-order valence-electron chi connectivity index (χ1n) is 17.0. The Labute approximate surface area is 298 Å². The second-order valence-corrected chi connectivity index (χ2v) is 13.7. The fourth-order valence-corrected chi connectivity index (χ4v) is 8.30. The maximum absolute atomic E-state index is 5.39. The molecule has 0 atom stereocenters. The van der Waals surface area contributed by atoms with Gasteiger partial charge in [-0.3, -0.25) is 0 Å². The minimum Gasteiger partial charge on any atom is -0.247 e. The largest absolute Gasteiger partial charge is 0.247 e. The van der Waals surface area contributed by atoms with E-state index in [-0.39, 0.29) is 0 Å². The molecule has 0 fully saturated rings. The summed E-state index contributed by atoms with van der Waals surface area (Å²) in [5.41, 5.74) is 8.19. The number of hydrogen-bond donors (Lipinski definition) is 0. The summed E-state index contributed by atoms with van der Waals surface area (Å²) in [4.78, 5) is 20.1. The molecular weight excluding hydrogens is 641 g/mol. The summed E-state index contributed by atoms with van der Waals surface area (Å²) in [7, 11) is 0. The van der Waals surface area contributed by atoms with E-state index in [0.29, 0.717) is 17.5 Å². The van der Waals surface area contributed by atoms with Gasteiger partial charge in [-0.25, -0.2) is 19.9 Å². The third kappa shape index (κ3) is 5.14. The van der Waals surface area contributed by atoms with Crippen LogP contribution in [0.2, 0.25) is 0 Å². The van der Waals surface area contributed by atoms with Crippen LogP contribution >= 0.6 is 11.3 Å². The molecule has 0 radical (unpaired) electrons. The van der Waals surface area contributed by atoms with Gasteiger partial charge >= 0.3 is 0 Å². The Bertz CT molecular complexity index is 2840. The highest BCUT2D eigenvalue weighted by Gasteiger charge is 2.18. The van der Waals surface area contributed by atoms with E-state index >= 15 is 0 Å². The molecule has 7 aromatic carbocycles. The van der Waals surface area contributed by atoms with Gasteiger partial charge in [-0.1, -0.05) is 152 Å². The standard InChI is InChI=1S/C46H28N4S/c1-3-13-31(14-4-1)44-48-45(32-15-5-2-6-16-32)50-46(49-44)33-24-22-29(23-25-33)34-17-11-18-35(28-34)42-41-37-20-9-10-21-39(37)51-43(41)40-36-19-8-7-12-30(36)26-27-38(40)47-42/h1-28H. The molecule has 0 amide bonds. The molecule has 3 heterocycles. The zero-order valence-electron chi connectivity index (χ0n) is 27.4. The average molecular weight is 669 g/mol. The van der Waals surface area contributed by atoms with Crippen LogP contribution in [0.1, 0.15) is 0 Å². The molecular formula is C46H28N4S. The van der Waals surface area contributed by atoms with Crippen LogP contribution < -0.4 is 0 Å². The second kappa shape index (κ2) is 12.1. The van der Waals surface area contributed by atoms with Crippen LogP contribution in [0.4, 0.5) is 0 Å². The maximum atomic E-state index is 5.39. The number of benzene rings is 7. The van der Waals surface area contributed by atoms with Crippen molar-refractivity contribution in [3.63, 3.8) is 0 Å². The van der Waals surface area contributed by atoms with Crippen molar-refractivity contribution in [1.82, 2.24) is 19.9 Å². The molecule has 51 heavy (non-hydrogen) atoms. The summed E-state index contributed by atoms with van der Waals surface area (Å²) >= 11 is 1.86. The lowest BCUT2D eigenvalue weighted by Gasteiger charge is -2.12. The maximum Gasteiger partial charge on any atom is 0.164 e. The Kier molecular flexibility index (Phi) is 6.96. The van der Waals surface area contributed by atoms with Gasteiger partial charge in [0.15, 0.2) is 17.5 Å². The van der Waals surface area contributed by atoms with Gasteiger partial charge in [-0.15, -0.1) is 11.3 Å². The van der Waals surface area contributed by atoms with E-state index in [4.69, 9.17) is 19.9 Å². The van der Waals surface area contributed by atoms with Gasteiger partial charge in [0.25, 0.3) is 0 Å². The van der Waals surface area contributed by atoms with Crippen LogP contribution in [0.25, 0.3) is 98.4 Å². The van der Waals surface area contributed by atoms with Crippen LogP contribution in [-0.4, -0.2) is 19.9 Å². The van der Waals surface area contributed by atoms with Crippen LogP contribution in [0.15, 0.2) is 170 Å². The Morgan fingerprint density at radius 2 is 0.902 bits per heavy atom. The summed E-state index contributed by atoms with van der Waals surface area (Å²) in [5.74, 6) is 1.95. The van der Waals surface area contributed by atoms with Gasteiger partial charge in [0.05, 0.1) is 11.2 Å². The Balaban J connectivity index is 1.08. The zero-order valence-corrected chi connectivity index (χ0v) is 28.2. The average Bonchev–Trinajstić information content (AvgIpc) is 3.61. The monoisotopic (exact) mass is 668 g/mol. The SMILES string of the molecule is c1ccc(-c2nc(-c3ccccc3)nc(-c3ccc(-c4cccc(-c5nc6ccc7ccccc7c6c6sc7ccccc7c56)c4)cc3)n2)cc1. The summed E-state index contributed by atoms with van der Waals surface area (Å²) in [6.07, 6.45) is 0. The normalized spacial score (nSPS) is 11.5. The summed E-state index contributed by atoms with van der Waals surface area (Å²) < 4.78 is 2.55. The predicted octanol–water partition coefficient (Wildman–Crippen LogP) is 12.3. The number of aromatic nitrogens is 4. The van der Waals surface area contributed by atoms with Gasteiger partial charge in [0.1, 0.15) is 0 Å². The van der Waals surface area contributed by atoms with Gasteiger partial charge in [-0.05, 0) is 40.1 Å². The van der Waals surface area contributed by atoms with Gasteiger partial charge in [0.2, 0.25) is 0 Å². The lowest BCUT2D eigenvalue weighted by atomic mass is 9.96. The molecule has 0 saturated carbocycles. The Morgan fingerprint density at radius 3 is 1.61 bits per heavy atom. The smallest absolute Gasteiger partial charge is 0.164 e. The first-order valence-corrected chi connectivity index (χ1v) is 17.8. The molecule has 3 aromatic heterocycles. The van der Waals surface area contributed by atoms with Crippen LogP contribution in [0.3, 0.4) is 0 Å². The van der Waals surface area contributed by atoms with Crippen molar-refractivity contribution >= 4 is 53.2 Å². The van der Waals surface area contributed by atoms with Crippen LogP contribution in [0.5, 0.6) is 0 Å². The highest BCUT2D eigenvalue weighted by Crippen LogP contribution is 2.45. The lowest BCUT2D eigenvalue weighted by molar-refractivity contribution is 1.07. The topological polar surface area (TPSA) is 51.6 Å². The second-order valence-electron chi connectivity index (χ2n) is 12.6. The molecule has 0 bridgehead atoms. The van der Waals surface area contributed by atoms with Crippen LogP contribution in [-0.2, 0) is 0 Å². The molecule has 10 aromatic rings. The van der Waals surface area contributed by atoms with E-state index in [9.17, 15) is 0 Å². The summed E-state index contributed by atoms with van der Waals surface area (Å²) in [6, 6.07) is 59.1. The van der Waals surface area contributed by atoms with Crippen molar-refractivity contribution in [2.24, 2.45) is 0 Å². The molecule has 238 valence electrons.